The van der Waals surface area contributed by atoms with Crippen LogP contribution in [0.1, 0.15) is 13.8 Å². The largest absolute Gasteiger partial charge is 0.391 e. The summed E-state index contributed by atoms with van der Waals surface area (Å²) in [5.74, 6) is 0.435. The van der Waals surface area contributed by atoms with Gasteiger partial charge in [-0.1, -0.05) is 13.8 Å². The lowest BCUT2D eigenvalue weighted by molar-refractivity contribution is 0.602. The van der Waals surface area contributed by atoms with E-state index in [0.29, 0.717) is 18.4 Å². The Morgan fingerprint density at radius 3 is 2.93 bits per heavy atom. The highest BCUT2D eigenvalue weighted by atomic mass is 16.1. The van der Waals surface area contributed by atoms with Crippen LogP contribution >= 0.6 is 0 Å². The summed E-state index contributed by atoms with van der Waals surface area (Å²) < 4.78 is 0. The number of nitrogen functional groups attached to an aromatic ring is 1. The van der Waals surface area contributed by atoms with E-state index >= 15 is 0 Å². The van der Waals surface area contributed by atoms with E-state index in [0.717, 1.165) is 6.54 Å². The van der Waals surface area contributed by atoms with Gasteiger partial charge in [-0.3, -0.25) is 4.79 Å². The molecule has 1 aromatic heterocycles. The van der Waals surface area contributed by atoms with Crippen molar-refractivity contribution < 1.29 is 0 Å². The van der Waals surface area contributed by atoms with Gasteiger partial charge in [0.1, 0.15) is 5.69 Å². The molecule has 0 spiro atoms. The maximum Gasteiger partial charge on any atom is 0.276 e. The standard InChI is InChI=1S/C9H17N5O/c1-6(2)11-3-4-12-8-7(10)9(15)14-5-13-8/h5-6,11H,3-4,10H2,1-2H3,(H2,12,13,14,15). The van der Waals surface area contributed by atoms with Gasteiger partial charge in [0.05, 0.1) is 6.33 Å². The Balaban J connectivity index is 2.44. The average Bonchev–Trinajstić information content (AvgIpc) is 2.18. The van der Waals surface area contributed by atoms with Gasteiger partial charge in [0, 0.05) is 19.1 Å². The van der Waals surface area contributed by atoms with Gasteiger partial charge in [-0.05, 0) is 0 Å². The topological polar surface area (TPSA) is 95.8 Å². The summed E-state index contributed by atoms with van der Waals surface area (Å²) in [6.45, 7) is 5.62. The highest BCUT2D eigenvalue weighted by Gasteiger charge is 2.02. The fraction of sp³-hybridized carbons (Fsp3) is 0.556. The Bertz CT molecular complexity index is 360. The zero-order valence-electron chi connectivity index (χ0n) is 9.00. The molecule has 6 heteroatoms. The Morgan fingerprint density at radius 2 is 2.27 bits per heavy atom. The summed E-state index contributed by atoms with van der Waals surface area (Å²) in [5, 5.41) is 6.22. The molecule has 15 heavy (non-hydrogen) atoms. The summed E-state index contributed by atoms with van der Waals surface area (Å²) in [6.07, 6.45) is 1.33. The van der Waals surface area contributed by atoms with Crippen molar-refractivity contribution >= 4 is 11.5 Å². The van der Waals surface area contributed by atoms with E-state index in [1.165, 1.54) is 6.33 Å². The van der Waals surface area contributed by atoms with Crippen LogP contribution in [0.2, 0.25) is 0 Å². The predicted octanol–water partition coefficient (Wildman–Crippen LogP) is -0.238. The maximum atomic E-state index is 11.1. The molecule has 1 aromatic rings. The minimum atomic E-state index is -0.315. The monoisotopic (exact) mass is 211 g/mol. The van der Waals surface area contributed by atoms with E-state index in [-0.39, 0.29) is 11.2 Å². The SMILES string of the molecule is CC(C)NCCNc1nc[nH]c(=O)c1N. The fourth-order valence-corrected chi connectivity index (χ4v) is 1.09. The molecule has 1 rings (SSSR count). The molecule has 0 unspecified atom stereocenters. The minimum Gasteiger partial charge on any atom is -0.391 e. The molecule has 0 amide bonds. The number of nitrogens with two attached hydrogens (primary N) is 1. The lowest BCUT2D eigenvalue weighted by Crippen LogP contribution is -2.29. The number of anilines is 2. The van der Waals surface area contributed by atoms with Crippen LogP contribution in [-0.4, -0.2) is 29.1 Å². The molecule has 0 atom stereocenters. The molecule has 0 aliphatic heterocycles. The van der Waals surface area contributed by atoms with Crippen LogP contribution in [0.15, 0.2) is 11.1 Å². The molecule has 0 aliphatic carbocycles. The molecular formula is C9H17N5O. The first-order valence-corrected chi connectivity index (χ1v) is 4.91. The van der Waals surface area contributed by atoms with Crippen LogP contribution in [0.5, 0.6) is 0 Å². The van der Waals surface area contributed by atoms with Crippen LogP contribution in [0.25, 0.3) is 0 Å². The number of H-pyrrole nitrogens is 1. The second kappa shape index (κ2) is 5.35. The van der Waals surface area contributed by atoms with Gasteiger partial charge < -0.3 is 21.4 Å². The Labute approximate surface area is 88.3 Å². The molecule has 0 saturated carbocycles. The van der Waals surface area contributed by atoms with Crippen molar-refractivity contribution in [3.05, 3.63) is 16.7 Å². The van der Waals surface area contributed by atoms with Gasteiger partial charge in [0.15, 0.2) is 5.82 Å². The molecule has 0 aliphatic rings. The van der Waals surface area contributed by atoms with E-state index < -0.39 is 0 Å². The Kier molecular flexibility index (Phi) is 4.11. The van der Waals surface area contributed by atoms with Gasteiger partial charge in [0.2, 0.25) is 0 Å². The van der Waals surface area contributed by atoms with Gasteiger partial charge in [-0.2, -0.15) is 0 Å². The highest BCUT2D eigenvalue weighted by molar-refractivity contribution is 5.58. The van der Waals surface area contributed by atoms with Crippen LogP contribution in [-0.2, 0) is 0 Å². The molecule has 0 radical (unpaired) electrons. The lowest BCUT2D eigenvalue weighted by Gasteiger charge is -2.09. The van der Waals surface area contributed by atoms with Gasteiger partial charge in [0.25, 0.3) is 5.56 Å². The first-order valence-electron chi connectivity index (χ1n) is 4.91. The van der Waals surface area contributed by atoms with Gasteiger partial charge >= 0.3 is 0 Å². The number of nitrogens with zero attached hydrogens (tertiary/aromatic N) is 1. The number of nitrogens with one attached hydrogen (secondary N) is 3. The van der Waals surface area contributed by atoms with Crippen molar-refractivity contribution in [2.24, 2.45) is 0 Å². The Morgan fingerprint density at radius 1 is 1.53 bits per heavy atom. The molecule has 5 N–H and O–H groups in total. The van der Waals surface area contributed by atoms with E-state index in [1.807, 2.05) is 0 Å². The smallest absolute Gasteiger partial charge is 0.276 e. The van der Waals surface area contributed by atoms with Crippen molar-refractivity contribution in [1.82, 2.24) is 15.3 Å². The maximum absolute atomic E-state index is 11.1. The molecule has 0 saturated heterocycles. The third kappa shape index (κ3) is 3.59. The van der Waals surface area contributed by atoms with Crippen molar-refractivity contribution in [1.29, 1.82) is 0 Å². The number of hydrogen-bond acceptors (Lipinski definition) is 5. The van der Waals surface area contributed by atoms with E-state index in [2.05, 4.69) is 34.4 Å². The highest BCUT2D eigenvalue weighted by Crippen LogP contribution is 2.05. The molecule has 84 valence electrons. The summed E-state index contributed by atoms with van der Waals surface area (Å²) in [7, 11) is 0. The predicted molar refractivity (Wildman–Crippen MR) is 60.9 cm³/mol. The van der Waals surface area contributed by atoms with Crippen LogP contribution in [0.4, 0.5) is 11.5 Å². The number of rotatable bonds is 5. The molecule has 0 bridgehead atoms. The van der Waals surface area contributed by atoms with Gasteiger partial charge in [-0.15, -0.1) is 0 Å². The zero-order chi connectivity index (χ0) is 11.3. The second-order valence-corrected chi connectivity index (χ2v) is 3.53. The normalized spacial score (nSPS) is 10.6. The molecule has 6 nitrogen and oxygen atoms in total. The summed E-state index contributed by atoms with van der Waals surface area (Å²) in [5.41, 5.74) is 5.35. The minimum absolute atomic E-state index is 0.127. The van der Waals surface area contributed by atoms with Crippen molar-refractivity contribution in [3.8, 4) is 0 Å². The third-order valence-electron chi connectivity index (χ3n) is 1.86. The zero-order valence-corrected chi connectivity index (χ0v) is 9.00. The number of aromatic amines is 1. The Hall–Kier alpha value is -1.56. The fourth-order valence-electron chi connectivity index (χ4n) is 1.09. The van der Waals surface area contributed by atoms with Crippen molar-refractivity contribution in [3.63, 3.8) is 0 Å². The average molecular weight is 211 g/mol. The van der Waals surface area contributed by atoms with Gasteiger partial charge in [-0.25, -0.2) is 4.98 Å². The number of hydrogen-bond donors (Lipinski definition) is 4. The summed E-state index contributed by atoms with van der Waals surface area (Å²) >= 11 is 0. The van der Waals surface area contributed by atoms with Crippen LogP contribution in [0, 0.1) is 0 Å². The van der Waals surface area contributed by atoms with Crippen molar-refractivity contribution in [2.75, 3.05) is 24.1 Å². The van der Waals surface area contributed by atoms with Crippen LogP contribution in [0.3, 0.4) is 0 Å². The summed E-state index contributed by atoms with van der Waals surface area (Å²) in [4.78, 5) is 17.4. The molecular weight excluding hydrogens is 194 g/mol. The third-order valence-corrected chi connectivity index (χ3v) is 1.86. The number of aromatic nitrogens is 2. The molecule has 0 fully saturated rings. The molecule has 0 aromatic carbocycles. The first-order chi connectivity index (χ1) is 7.11. The second-order valence-electron chi connectivity index (χ2n) is 3.53. The van der Waals surface area contributed by atoms with E-state index in [9.17, 15) is 4.79 Å². The quantitative estimate of drug-likeness (QED) is 0.504. The van der Waals surface area contributed by atoms with E-state index in [1.54, 1.807) is 0 Å². The lowest BCUT2D eigenvalue weighted by atomic mass is 10.4. The van der Waals surface area contributed by atoms with Crippen molar-refractivity contribution in [2.45, 2.75) is 19.9 Å². The molecule has 1 heterocycles. The van der Waals surface area contributed by atoms with Crippen LogP contribution < -0.4 is 21.9 Å². The van der Waals surface area contributed by atoms with E-state index in [4.69, 9.17) is 5.73 Å². The first kappa shape index (κ1) is 11.5. The summed E-state index contributed by atoms with van der Waals surface area (Å²) in [6, 6.07) is 0.441.